The van der Waals surface area contributed by atoms with Crippen LogP contribution in [-0.4, -0.2) is 21.9 Å². The molecule has 0 aliphatic rings. The quantitative estimate of drug-likeness (QED) is 0.261. The summed E-state index contributed by atoms with van der Waals surface area (Å²) in [6.45, 7) is 10.2. The highest BCUT2D eigenvalue weighted by molar-refractivity contribution is 9.10. The third kappa shape index (κ3) is 5.05. The second-order valence-electron chi connectivity index (χ2n) is 7.39. The summed E-state index contributed by atoms with van der Waals surface area (Å²) in [5, 5.41) is 3.99. The van der Waals surface area contributed by atoms with Gasteiger partial charge in [-0.2, -0.15) is 5.10 Å². The third-order valence-electron chi connectivity index (χ3n) is 4.87. The molecular formula is C24H26BrN3OS. The van der Waals surface area contributed by atoms with Crippen molar-refractivity contribution in [2.45, 2.75) is 44.8 Å². The van der Waals surface area contributed by atoms with Crippen molar-refractivity contribution in [3.8, 4) is 5.69 Å². The van der Waals surface area contributed by atoms with Crippen molar-refractivity contribution in [2.75, 3.05) is 0 Å². The first-order valence-corrected chi connectivity index (χ1v) is 11.5. The summed E-state index contributed by atoms with van der Waals surface area (Å²) in [5.41, 5.74) is 9.36. The molecule has 6 heteroatoms. The van der Waals surface area contributed by atoms with E-state index >= 15 is 0 Å². The molecule has 1 N–H and O–H groups in total. The van der Waals surface area contributed by atoms with Crippen molar-refractivity contribution < 1.29 is 4.79 Å². The molecule has 2 aromatic carbocycles. The van der Waals surface area contributed by atoms with Crippen LogP contribution in [0.3, 0.4) is 0 Å². The number of nitrogens with one attached hydrogen (secondary N) is 1. The van der Waals surface area contributed by atoms with Crippen LogP contribution in [0.15, 0.2) is 63.0 Å². The molecule has 0 saturated heterocycles. The van der Waals surface area contributed by atoms with E-state index in [1.165, 1.54) is 22.9 Å². The van der Waals surface area contributed by atoms with Gasteiger partial charge in [0.15, 0.2) is 0 Å². The summed E-state index contributed by atoms with van der Waals surface area (Å²) < 4.78 is 3.19. The maximum atomic E-state index is 12.4. The smallest absolute Gasteiger partial charge is 0.253 e. The van der Waals surface area contributed by atoms with Gasteiger partial charge in [0.1, 0.15) is 0 Å². The zero-order valence-electron chi connectivity index (χ0n) is 17.9. The fourth-order valence-electron chi connectivity index (χ4n) is 3.45. The largest absolute Gasteiger partial charge is 0.317 e. The van der Waals surface area contributed by atoms with Crippen LogP contribution in [0.4, 0.5) is 0 Å². The highest BCUT2D eigenvalue weighted by atomic mass is 79.9. The summed E-state index contributed by atoms with van der Waals surface area (Å²) >= 11 is 5.21. The minimum Gasteiger partial charge on any atom is -0.317 e. The SMILES string of the molecule is Cc1cc(C)cc(-n2c(C)c(Br)c(/C=N\NC(=O)[C@@H](C)Sc3ccccc3)c2C)c1. The second-order valence-corrected chi connectivity index (χ2v) is 9.59. The van der Waals surface area contributed by atoms with E-state index in [0.717, 1.165) is 32.0 Å². The lowest BCUT2D eigenvalue weighted by Gasteiger charge is -2.11. The maximum Gasteiger partial charge on any atom is 0.253 e. The van der Waals surface area contributed by atoms with E-state index in [2.05, 4.69) is 76.9 Å². The average molecular weight is 484 g/mol. The van der Waals surface area contributed by atoms with Crippen molar-refractivity contribution in [3.63, 3.8) is 0 Å². The molecule has 3 rings (SSSR count). The molecule has 0 aliphatic heterocycles. The molecule has 0 unspecified atom stereocenters. The molecule has 1 aromatic heterocycles. The van der Waals surface area contributed by atoms with Crippen LogP contribution in [0.1, 0.15) is 35.0 Å². The first kappa shape index (κ1) is 22.4. The Morgan fingerprint density at radius 1 is 1.07 bits per heavy atom. The summed E-state index contributed by atoms with van der Waals surface area (Å²) in [6, 6.07) is 16.4. The molecule has 1 heterocycles. The first-order valence-electron chi connectivity index (χ1n) is 9.78. The summed E-state index contributed by atoms with van der Waals surface area (Å²) in [6.07, 6.45) is 1.71. The standard InChI is InChI=1S/C24H26BrN3OS/c1-15-11-16(2)13-20(12-15)28-17(3)22(23(25)18(28)4)14-26-27-24(29)19(5)30-21-9-7-6-8-10-21/h6-14,19H,1-5H3,(H,27,29)/b26-14-/t19-/m1/s1. The van der Waals surface area contributed by atoms with Gasteiger partial charge in [-0.3, -0.25) is 4.79 Å². The summed E-state index contributed by atoms with van der Waals surface area (Å²) in [7, 11) is 0. The zero-order chi connectivity index (χ0) is 21.8. The van der Waals surface area contributed by atoms with Gasteiger partial charge in [0.25, 0.3) is 5.91 Å². The molecular weight excluding hydrogens is 458 g/mol. The number of amides is 1. The minimum absolute atomic E-state index is 0.126. The number of halogens is 1. The van der Waals surface area contributed by atoms with Crippen molar-refractivity contribution in [2.24, 2.45) is 5.10 Å². The van der Waals surface area contributed by atoms with Crippen LogP contribution in [0.5, 0.6) is 0 Å². The molecule has 0 saturated carbocycles. The van der Waals surface area contributed by atoms with E-state index in [0.29, 0.717) is 0 Å². The Balaban J connectivity index is 1.76. The molecule has 30 heavy (non-hydrogen) atoms. The number of rotatable bonds is 6. The Morgan fingerprint density at radius 3 is 2.33 bits per heavy atom. The molecule has 0 aliphatic carbocycles. The lowest BCUT2D eigenvalue weighted by atomic mass is 10.1. The second kappa shape index (κ2) is 9.67. The van der Waals surface area contributed by atoms with E-state index in [1.807, 2.05) is 37.3 Å². The van der Waals surface area contributed by atoms with Gasteiger partial charge in [-0.1, -0.05) is 24.3 Å². The van der Waals surface area contributed by atoms with Crippen molar-refractivity contribution in [1.82, 2.24) is 9.99 Å². The Bertz CT molecular complexity index is 1070. The molecule has 0 radical (unpaired) electrons. The molecule has 4 nitrogen and oxygen atoms in total. The van der Waals surface area contributed by atoms with Crippen LogP contribution in [0.2, 0.25) is 0 Å². The van der Waals surface area contributed by atoms with Crippen LogP contribution in [0.25, 0.3) is 5.69 Å². The number of carbonyl (C=O) groups is 1. The van der Waals surface area contributed by atoms with Crippen molar-refractivity contribution >= 4 is 39.8 Å². The van der Waals surface area contributed by atoms with Gasteiger partial charge in [-0.05, 0) is 85.9 Å². The topological polar surface area (TPSA) is 46.4 Å². The molecule has 3 aromatic rings. The number of hydrogen-bond acceptors (Lipinski definition) is 3. The van der Waals surface area contributed by atoms with Gasteiger partial charge in [-0.25, -0.2) is 5.43 Å². The van der Waals surface area contributed by atoms with E-state index in [9.17, 15) is 4.79 Å². The predicted molar refractivity (Wildman–Crippen MR) is 130 cm³/mol. The molecule has 1 amide bonds. The van der Waals surface area contributed by atoms with Gasteiger partial charge in [0.2, 0.25) is 0 Å². The zero-order valence-corrected chi connectivity index (χ0v) is 20.3. The van der Waals surface area contributed by atoms with Crippen LogP contribution >= 0.6 is 27.7 Å². The third-order valence-corrected chi connectivity index (χ3v) is 6.99. The fraction of sp³-hybridized carbons (Fsp3) is 0.250. The van der Waals surface area contributed by atoms with Crippen LogP contribution < -0.4 is 5.43 Å². The van der Waals surface area contributed by atoms with Gasteiger partial charge in [0, 0.05) is 32.0 Å². The lowest BCUT2D eigenvalue weighted by molar-refractivity contribution is -0.120. The number of hydrogen-bond donors (Lipinski definition) is 1. The number of benzene rings is 2. The van der Waals surface area contributed by atoms with E-state index in [4.69, 9.17) is 0 Å². The van der Waals surface area contributed by atoms with E-state index in [-0.39, 0.29) is 11.2 Å². The number of thioether (sulfide) groups is 1. The number of aromatic nitrogens is 1. The van der Waals surface area contributed by atoms with E-state index in [1.54, 1.807) is 6.21 Å². The normalized spacial score (nSPS) is 12.3. The number of nitrogens with zero attached hydrogens (tertiary/aromatic N) is 2. The molecule has 156 valence electrons. The van der Waals surface area contributed by atoms with Crippen molar-refractivity contribution in [1.29, 1.82) is 0 Å². The maximum absolute atomic E-state index is 12.4. The van der Waals surface area contributed by atoms with Gasteiger partial charge in [-0.15, -0.1) is 11.8 Å². The van der Waals surface area contributed by atoms with Crippen LogP contribution in [-0.2, 0) is 4.79 Å². The minimum atomic E-state index is -0.240. The number of carbonyl (C=O) groups excluding carboxylic acids is 1. The Hall–Kier alpha value is -2.31. The Morgan fingerprint density at radius 2 is 1.70 bits per heavy atom. The molecule has 1 atom stereocenters. The van der Waals surface area contributed by atoms with Gasteiger partial charge >= 0.3 is 0 Å². The van der Waals surface area contributed by atoms with E-state index < -0.39 is 0 Å². The first-order chi connectivity index (χ1) is 14.3. The summed E-state index contributed by atoms with van der Waals surface area (Å²) in [4.78, 5) is 13.5. The molecule has 0 fully saturated rings. The predicted octanol–water partition coefficient (Wildman–Crippen LogP) is 6.10. The highest BCUT2D eigenvalue weighted by Crippen LogP contribution is 2.30. The Kier molecular flexibility index (Phi) is 7.21. The molecule has 0 bridgehead atoms. The monoisotopic (exact) mass is 483 g/mol. The van der Waals surface area contributed by atoms with Crippen LogP contribution in [0, 0.1) is 27.7 Å². The number of aryl methyl sites for hydroxylation is 2. The summed E-state index contributed by atoms with van der Waals surface area (Å²) in [5.74, 6) is -0.126. The van der Waals surface area contributed by atoms with Gasteiger partial charge in [0.05, 0.1) is 11.5 Å². The molecule has 0 spiro atoms. The number of hydrazone groups is 1. The van der Waals surface area contributed by atoms with Crippen molar-refractivity contribution in [3.05, 3.63) is 81.1 Å². The lowest BCUT2D eigenvalue weighted by Crippen LogP contribution is -2.26. The average Bonchev–Trinajstić information content (AvgIpc) is 2.91. The fourth-order valence-corrected chi connectivity index (χ4v) is 4.90. The van der Waals surface area contributed by atoms with Gasteiger partial charge < -0.3 is 4.57 Å². The highest BCUT2D eigenvalue weighted by Gasteiger charge is 2.17. The Labute approximate surface area is 190 Å².